The van der Waals surface area contributed by atoms with E-state index in [1.54, 1.807) is 0 Å². The maximum Gasteiger partial charge on any atom is 0.236 e. The maximum absolute atomic E-state index is 12.5. The number of aryl methyl sites for hydroxylation is 2. The van der Waals surface area contributed by atoms with E-state index in [9.17, 15) is 4.79 Å². The largest absolute Gasteiger partial charge is 0.378 e. The Morgan fingerprint density at radius 1 is 1.06 bits per heavy atom. The first-order valence-electron chi connectivity index (χ1n) is 10.4. The number of hydrogen-bond donors (Lipinski definition) is 1. The zero-order valence-corrected chi connectivity index (χ0v) is 20.9. The smallest absolute Gasteiger partial charge is 0.236 e. The lowest BCUT2D eigenvalue weighted by Gasteiger charge is -2.12. The van der Waals surface area contributed by atoms with Gasteiger partial charge in [0.15, 0.2) is 16.1 Å². The van der Waals surface area contributed by atoms with Crippen molar-refractivity contribution in [1.29, 1.82) is 0 Å². The molecule has 1 N–H and O–H groups in total. The molecule has 4 aromatic rings. The standard InChI is InChI=1S/C24H26N6OS2/c1-15-6-7-18(12-16(15)2)20-13-32-23(25-20)26-21(31)14-33-24-28-27-22(30(24)5)17-8-10-19(11-9-17)29(3)4/h6-13H,14H2,1-5H3,(H,25,26,31). The Balaban J connectivity index is 1.37. The molecule has 0 unspecified atom stereocenters. The minimum absolute atomic E-state index is 0.124. The molecule has 0 radical (unpaired) electrons. The molecule has 33 heavy (non-hydrogen) atoms. The van der Waals surface area contributed by atoms with Crippen molar-refractivity contribution in [3.63, 3.8) is 0 Å². The van der Waals surface area contributed by atoms with Crippen LogP contribution in [0.4, 0.5) is 10.8 Å². The van der Waals surface area contributed by atoms with Gasteiger partial charge in [-0.3, -0.25) is 4.79 Å². The lowest BCUT2D eigenvalue weighted by molar-refractivity contribution is -0.113. The summed E-state index contributed by atoms with van der Waals surface area (Å²) < 4.78 is 1.91. The molecule has 0 atom stereocenters. The second-order valence-corrected chi connectivity index (χ2v) is 9.78. The van der Waals surface area contributed by atoms with Gasteiger partial charge in [-0.2, -0.15) is 0 Å². The summed E-state index contributed by atoms with van der Waals surface area (Å²) in [5, 5.41) is 14.7. The van der Waals surface area contributed by atoms with Gasteiger partial charge in [0.2, 0.25) is 5.91 Å². The van der Waals surface area contributed by atoms with Crippen LogP contribution in [0.25, 0.3) is 22.6 Å². The maximum atomic E-state index is 12.5. The Bertz CT molecular complexity index is 1280. The summed E-state index contributed by atoms with van der Waals surface area (Å²) >= 11 is 2.77. The number of nitrogens with zero attached hydrogens (tertiary/aromatic N) is 5. The number of aromatic nitrogens is 4. The van der Waals surface area contributed by atoms with Crippen molar-refractivity contribution in [1.82, 2.24) is 19.7 Å². The van der Waals surface area contributed by atoms with E-state index in [1.807, 2.05) is 60.3 Å². The lowest BCUT2D eigenvalue weighted by atomic mass is 10.1. The van der Waals surface area contributed by atoms with Crippen molar-refractivity contribution >= 4 is 39.8 Å². The lowest BCUT2D eigenvalue weighted by Crippen LogP contribution is -2.14. The van der Waals surface area contributed by atoms with E-state index in [0.29, 0.717) is 10.3 Å². The summed E-state index contributed by atoms with van der Waals surface area (Å²) in [7, 11) is 5.92. The number of thiazole rings is 1. The van der Waals surface area contributed by atoms with Crippen molar-refractivity contribution in [3.8, 4) is 22.6 Å². The highest BCUT2D eigenvalue weighted by atomic mass is 32.2. The molecule has 0 bridgehead atoms. The highest BCUT2D eigenvalue weighted by Gasteiger charge is 2.14. The zero-order valence-electron chi connectivity index (χ0n) is 19.3. The average molecular weight is 479 g/mol. The number of rotatable bonds is 7. The number of carbonyl (C=O) groups is 1. The fourth-order valence-corrected chi connectivity index (χ4v) is 4.70. The van der Waals surface area contributed by atoms with Crippen LogP contribution in [0, 0.1) is 13.8 Å². The third kappa shape index (κ3) is 5.26. The molecule has 0 aliphatic heterocycles. The van der Waals surface area contributed by atoms with Crippen LogP contribution >= 0.6 is 23.1 Å². The quantitative estimate of drug-likeness (QED) is 0.376. The summed E-state index contributed by atoms with van der Waals surface area (Å²) in [4.78, 5) is 19.1. The first-order valence-corrected chi connectivity index (χ1v) is 12.3. The fraction of sp³-hybridized carbons (Fsp3) is 0.250. The zero-order chi connectivity index (χ0) is 23.5. The van der Waals surface area contributed by atoms with Gasteiger partial charge in [-0.05, 0) is 55.3 Å². The van der Waals surface area contributed by atoms with Crippen molar-refractivity contribution in [2.45, 2.75) is 19.0 Å². The summed E-state index contributed by atoms with van der Waals surface area (Å²) in [5.41, 5.74) is 6.48. The summed E-state index contributed by atoms with van der Waals surface area (Å²) in [6.07, 6.45) is 0. The number of amides is 1. The van der Waals surface area contributed by atoms with Crippen LogP contribution in [0.2, 0.25) is 0 Å². The van der Waals surface area contributed by atoms with Crippen molar-refractivity contribution < 1.29 is 4.79 Å². The molecular weight excluding hydrogens is 452 g/mol. The third-order valence-corrected chi connectivity index (χ3v) is 7.14. The normalized spacial score (nSPS) is 10.9. The molecule has 7 nitrogen and oxygen atoms in total. The Kier molecular flexibility index (Phi) is 6.80. The molecule has 2 aromatic heterocycles. The molecule has 2 aromatic carbocycles. The van der Waals surface area contributed by atoms with Crippen LogP contribution in [0.1, 0.15) is 11.1 Å². The molecule has 0 fully saturated rings. The van der Waals surface area contributed by atoms with Gasteiger partial charge >= 0.3 is 0 Å². The van der Waals surface area contributed by atoms with E-state index in [2.05, 4.69) is 52.5 Å². The van der Waals surface area contributed by atoms with Gasteiger partial charge in [-0.1, -0.05) is 23.9 Å². The highest BCUT2D eigenvalue weighted by molar-refractivity contribution is 7.99. The molecule has 0 saturated carbocycles. The summed E-state index contributed by atoms with van der Waals surface area (Å²) in [6, 6.07) is 14.4. The van der Waals surface area contributed by atoms with Crippen LogP contribution in [-0.4, -0.2) is 45.5 Å². The minimum atomic E-state index is -0.124. The van der Waals surface area contributed by atoms with E-state index in [4.69, 9.17) is 0 Å². The number of thioether (sulfide) groups is 1. The van der Waals surface area contributed by atoms with Crippen molar-refractivity contribution in [2.24, 2.45) is 7.05 Å². The molecule has 9 heteroatoms. The molecule has 2 heterocycles. The van der Waals surface area contributed by atoms with Crippen LogP contribution in [0.15, 0.2) is 53.0 Å². The molecule has 0 aliphatic rings. The summed E-state index contributed by atoms with van der Waals surface area (Å²) in [5.74, 6) is 0.867. The molecule has 1 amide bonds. The van der Waals surface area contributed by atoms with Gasteiger partial charge in [-0.25, -0.2) is 4.98 Å². The molecule has 0 aliphatic carbocycles. The molecule has 0 saturated heterocycles. The van der Waals surface area contributed by atoms with Gasteiger partial charge in [0.05, 0.1) is 11.4 Å². The number of benzene rings is 2. The van der Waals surface area contributed by atoms with E-state index < -0.39 is 0 Å². The van der Waals surface area contributed by atoms with E-state index in [0.717, 1.165) is 28.3 Å². The number of anilines is 2. The minimum Gasteiger partial charge on any atom is -0.378 e. The SMILES string of the molecule is Cc1ccc(-c2csc(NC(=O)CSc3nnc(-c4ccc(N(C)C)cc4)n3C)n2)cc1C. The van der Waals surface area contributed by atoms with Crippen molar-refractivity contribution in [2.75, 3.05) is 30.1 Å². The van der Waals surface area contributed by atoms with Crippen LogP contribution in [0.5, 0.6) is 0 Å². The first kappa shape index (κ1) is 23.0. The predicted molar refractivity (Wildman–Crippen MR) is 137 cm³/mol. The molecule has 170 valence electrons. The van der Waals surface area contributed by atoms with Gasteiger partial charge in [0, 0.05) is 43.3 Å². The Morgan fingerprint density at radius 3 is 2.48 bits per heavy atom. The van der Waals surface area contributed by atoms with Gasteiger partial charge in [0.25, 0.3) is 0 Å². The van der Waals surface area contributed by atoms with E-state index in [1.165, 1.54) is 34.2 Å². The second-order valence-electron chi connectivity index (χ2n) is 7.98. The van der Waals surface area contributed by atoms with E-state index in [-0.39, 0.29) is 11.7 Å². The van der Waals surface area contributed by atoms with Crippen molar-refractivity contribution in [3.05, 3.63) is 59.0 Å². The Labute approximate surface area is 201 Å². The monoisotopic (exact) mass is 478 g/mol. The fourth-order valence-electron chi connectivity index (χ4n) is 3.25. The third-order valence-electron chi connectivity index (χ3n) is 5.36. The predicted octanol–water partition coefficient (Wildman–Crippen LogP) is 5.02. The Hall–Kier alpha value is -3.17. The Morgan fingerprint density at radius 2 is 1.79 bits per heavy atom. The van der Waals surface area contributed by atoms with Gasteiger partial charge in [-0.15, -0.1) is 21.5 Å². The van der Waals surface area contributed by atoms with E-state index >= 15 is 0 Å². The van der Waals surface area contributed by atoms with Crippen LogP contribution in [0.3, 0.4) is 0 Å². The van der Waals surface area contributed by atoms with Crippen LogP contribution in [-0.2, 0) is 11.8 Å². The number of nitrogens with one attached hydrogen (secondary N) is 1. The average Bonchev–Trinajstić information content (AvgIpc) is 3.41. The molecule has 0 spiro atoms. The number of carbonyl (C=O) groups excluding carboxylic acids is 1. The molecule has 4 rings (SSSR count). The van der Waals surface area contributed by atoms with Crippen LogP contribution < -0.4 is 10.2 Å². The summed E-state index contributed by atoms with van der Waals surface area (Å²) in [6.45, 7) is 4.17. The number of hydrogen-bond acceptors (Lipinski definition) is 7. The first-order chi connectivity index (χ1) is 15.8. The second kappa shape index (κ2) is 9.76. The topological polar surface area (TPSA) is 75.9 Å². The van der Waals surface area contributed by atoms with Gasteiger partial charge < -0.3 is 14.8 Å². The molecular formula is C24H26N6OS2. The highest BCUT2D eigenvalue weighted by Crippen LogP contribution is 2.27. The van der Waals surface area contributed by atoms with Gasteiger partial charge in [0.1, 0.15) is 0 Å².